The van der Waals surface area contributed by atoms with Crippen LogP contribution in [0.3, 0.4) is 0 Å². The minimum atomic E-state index is -0.514. The van der Waals surface area contributed by atoms with Crippen molar-refractivity contribution in [3.05, 3.63) is 58.6 Å². The molecule has 0 radical (unpaired) electrons. The number of para-hydroxylation sites is 2. The molecular weight excluding hydrogens is 377 g/mol. The zero-order valence-electron chi connectivity index (χ0n) is 12.7. The van der Waals surface area contributed by atoms with Crippen LogP contribution >= 0.6 is 15.9 Å². The first kappa shape index (κ1) is 16.4. The van der Waals surface area contributed by atoms with Gasteiger partial charge in [-0.25, -0.2) is 9.37 Å². The monoisotopic (exact) mass is 391 g/mol. The number of hydrogen-bond donors (Lipinski definition) is 2. The Kier molecular flexibility index (Phi) is 5.10. The minimum absolute atomic E-state index is 0.0469. The number of imidazole rings is 1. The Morgan fingerprint density at radius 2 is 2.12 bits per heavy atom. The highest BCUT2D eigenvalue weighted by Crippen LogP contribution is 2.21. The average molecular weight is 392 g/mol. The van der Waals surface area contributed by atoms with Crippen molar-refractivity contribution in [2.45, 2.75) is 6.42 Å². The zero-order chi connectivity index (χ0) is 16.9. The molecule has 2 aromatic carbocycles. The number of aromatic nitrogens is 2. The van der Waals surface area contributed by atoms with E-state index in [1.807, 2.05) is 24.3 Å². The molecule has 124 valence electrons. The maximum atomic E-state index is 13.6. The molecule has 24 heavy (non-hydrogen) atoms. The molecule has 5 nitrogen and oxygen atoms in total. The van der Waals surface area contributed by atoms with Crippen molar-refractivity contribution in [2.24, 2.45) is 0 Å². The van der Waals surface area contributed by atoms with Gasteiger partial charge in [-0.1, -0.05) is 28.1 Å². The van der Waals surface area contributed by atoms with Crippen LogP contribution < -0.4 is 10.1 Å². The van der Waals surface area contributed by atoms with Gasteiger partial charge in [0.05, 0.1) is 11.0 Å². The van der Waals surface area contributed by atoms with E-state index < -0.39 is 5.82 Å². The van der Waals surface area contributed by atoms with Crippen molar-refractivity contribution in [2.75, 3.05) is 13.2 Å². The molecule has 0 saturated carbocycles. The minimum Gasteiger partial charge on any atom is -0.481 e. The van der Waals surface area contributed by atoms with E-state index in [9.17, 15) is 9.18 Å². The molecule has 3 rings (SSSR count). The molecule has 0 unspecified atom stereocenters. The van der Waals surface area contributed by atoms with Crippen molar-refractivity contribution in [1.82, 2.24) is 15.3 Å². The van der Waals surface area contributed by atoms with Crippen LogP contribution in [0.5, 0.6) is 5.75 Å². The molecule has 0 atom stereocenters. The van der Waals surface area contributed by atoms with Crippen molar-refractivity contribution in [1.29, 1.82) is 0 Å². The molecule has 3 aromatic rings. The predicted molar refractivity (Wildman–Crippen MR) is 92.4 cm³/mol. The van der Waals surface area contributed by atoms with Gasteiger partial charge in [0.25, 0.3) is 5.91 Å². The Bertz CT molecular complexity index is 833. The summed E-state index contributed by atoms with van der Waals surface area (Å²) in [6.45, 7) is 0.184. The van der Waals surface area contributed by atoms with E-state index in [-0.39, 0.29) is 18.3 Å². The molecular formula is C17H15BrFN3O2. The molecule has 1 aromatic heterocycles. The fourth-order valence-electron chi connectivity index (χ4n) is 2.23. The first-order chi connectivity index (χ1) is 11.6. The summed E-state index contributed by atoms with van der Waals surface area (Å²) in [5, 5.41) is 2.72. The number of hydrogen-bond acceptors (Lipinski definition) is 3. The number of H-pyrrole nitrogens is 1. The highest BCUT2D eigenvalue weighted by atomic mass is 79.9. The summed E-state index contributed by atoms with van der Waals surface area (Å²) in [5.74, 6) is 0.0230. The molecule has 0 aliphatic rings. The molecule has 0 bridgehead atoms. The molecule has 0 fully saturated rings. The van der Waals surface area contributed by atoms with Gasteiger partial charge in [0.15, 0.2) is 18.2 Å². The second-order valence-electron chi connectivity index (χ2n) is 5.16. The summed E-state index contributed by atoms with van der Waals surface area (Å²) in [6, 6.07) is 12.1. The third-order valence-electron chi connectivity index (χ3n) is 3.38. The second kappa shape index (κ2) is 7.44. The molecule has 0 spiro atoms. The third-order valence-corrected chi connectivity index (χ3v) is 3.87. The highest BCUT2D eigenvalue weighted by Gasteiger charge is 2.08. The van der Waals surface area contributed by atoms with Crippen LogP contribution in [0.25, 0.3) is 11.0 Å². The Morgan fingerprint density at radius 3 is 2.92 bits per heavy atom. The quantitative estimate of drug-likeness (QED) is 0.677. The lowest BCUT2D eigenvalue weighted by atomic mass is 10.3. The number of amides is 1. The number of benzene rings is 2. The zero-order valence-corrected chi connectivity index (χ0v) is 14.3. The maximum Gasteiger partial charge on any atom is 0.257 e. The maximum absolute atomic E-state index is 13.6. The van der Waals surface area contributed by atoms with Crippen molar-refractivity contribution >= 4 is 32.9 Å². The Balaban J connectivity index is 1.45. The number of nitrogens with zero attached hydrogens (tertiary/aromatic N) is 1. The van der Waals surface area contributed by atoms with Gasteiger partial charge in [-0.3, -0.25) is 4.79 Å². The van der Waals surface area contributed by atoms with Gasteiger partial charge in [0.1, 0.15) is 5.82 Å². The first-order valence-corrected chi connectivity index (χ1v) is 8.19. The number of fused-ring (bicyclic) bond motifs is 1. The number of nitrogens with one attached hydrogen (secondary N) is 2. The number of carbonyl (C=O) groups excluding carboxylic acids is 1. The number of carbonyl (C=O) groups is 1. The van der Waals surface area contributed by atoms with Crippen LogP contribution in [-0.4, -0.2) is 29.0 Å². The van der Waals surface area contributed by atoms with Gasteiger partial charge in [-0.05, 0) is 30.3 Å². The molecule has 2 N–H and O–H groups in total. The van der Waals surface area contributed by atoms with Gasteiger partial charge in [0.2, 0.25) is 0 Å². The number of halogens is 2. The summed E-state index contributed by atoms with van der Waals surface area (Å²) in [6.07, 6.45) is 0.576. The van der Waals surface area contributed by atoms with Crippen molar-refractivity contribution in [3.8, 4) is 5.75 Å². The molecule has 0 aliphatic heterocycles. The van der Waals surface area contributed by atoms with Crippen LogP contribution in [0, 0.1) is 5.82 Å². The lowest BCUT2D eigenvalue weighted by molar-refractivity contribution is -0.123. The Morgan fingerprint density at radius 1 is 1.29 bits per heavy atom. The van der Waals surface area contributed by atoms with Crippen LogP contribution in [0.2, 0.25) is 0 Å². The van der Waals surface area contributed by atoms with Crippen LogP contribution in [0.1, 0.15) is 5.82 Å². The van der Waals surface area contributed by atoms with E-state index in [0.717, 1.165) is 16.9 Å². The summed E-state index contributed by atoms with van der Waals surface area (Å²) >= 11 is 3.16. The summed E-state index contributed by atoms with van der Waals surface area (Å²) in [5.41, 5.74) is 1.86. The van der Waals surface area contributed by atoms with Gasteiger partial charge in [-0.15, -0.1) is 0 Å². The van der Waals surface area contributed by atoms with E-state index in [4.69, 9.17) is 4.74 Å². The van der Waals surface area contributed by atoms with Gasteiger partial charge in [0, 0.05) is 17.4 Å². The Labute approximate surface area is 146 Å². The molecule has 1 amide bonds. The van der Waals surface area contributed by atoms with E-state index in [0.29, 0.717) is 17.4 Å². The van der Waals surface area contributed by atoms with Crippen molar-refractivity contribution < 1.29 is 13.9 Å². The summed E-state index contributed by atoms with van der Waals surface area (Å²) in [4.78, 5) is 19.4. The number of aromatic amines is 1. The molecule has 0 aliphatic carbocycles. The topological polar surface area (TPSA) is 67.0 Å². The lowest BCUT2D eigenvalue weighted by Crippen LogP contribution is -2.30. The highest BCUT2D eigenvalue weighted by molar-refractivity contribution is 9.10. The van der Waals surface area contributed by atoms with E-state index in [1.54, 1.807) is 6.07 Å². The lowest BCUT2D eigenvalue weighted by Gasteiger charge is -2.08. The largest absolute Gasteiger partial charge is 0.481 e. The smallest absolute Gasteiger partial charge is 0.257 e. The number of rotatable bonds is 6. The van der Waals surface area contributed by atoms with Gasteiger partial charge in [-0.2, -0.15) is 0 Å². The van der Waals surface area contributed by atoms with Crippen molar-refractivity contribution in [3.63, 3.8) is 0 Å². The standard InChI is InChI=1S/C17H15BrFN3O2/c18-11-5-6-15(12(19)9-11)24-10-17(23)20-8-7-16-21-13-3-1-2-4-14(13)22-16/h1-6,9H,7-8,10H2,(H,20,23)(H,21,22). The summed E-state index contributed by atoms with van der Waals surface area (Å²) < 4.78 is 19.4. The van der Waals surface area contributed by atoms with Crippen LogP contribution in [-0.2, 0) is 11.2 Å². The van der Waals surface area contributed by atoms with Crippen LogP contribution in [0.15, 0.2) is 46.9 Å². The van der Waals surface area contributed by atoms with Crippen LogP contribution in [0.4, 0.5) is 4.39 Å². The third kappa shape index (κ3) is 4.11. The normalized spacial score (nSPS) is 10.8. The Hall–Kier alpha value is -2.41. The van der Waals surface area contributed by atoms with E-state index >= 15 is 0 Å². The van der Waals surface area contributed by atoms with Gasteiger partial charge < -0.3 is 15.0 Å². The second-order valence-corrected chi connectivity index (χ2v) is 6.08. The number of ether oxygens (including phenoxy) is 1. The fraction of sp³-hybridized carbons (Fsp3) is 0.176. The van der Waals surface area contributed by atoms with Gasteiger partial charge >= 0.3 is 0 Å². The van der Waals surface area contributed by atoms with E-state index in [2.05, 4.69) is 31.2 Å². The molecule has 0 saturated heterocycles. The molecule has 1 heterocycles. The fourth-order valence-corrected chi connectivity index (χ4v) is 2.56. The summed E-state index contributed by atoms with van der Waals surface area (Å²) in [7, 11) is 0. The van der Waals surface area contributed by atoms with E-state index in [1.165, 1.54) is 12.1 Å². The SMILES string of the molecule is O=C(COc1ccc(Br)cc1F)NCCc1nc2ccccc2[nH]1. The first-order valence-electron chi connectivity index (χ1n) is 7.40. The predicted octanol–water partition coefficient (Wildman–Crippen LogP) is 3.20. The average Bonchev–Trinajstić information content (AvgIpc) is 2.96. The molecule has 7 heteroatoms.